The summed E-state index contributed by atoms with van der Waals surface area (Å²) >= 11 is 0. The second-order valence-electron chi connectivity index (χ2n) is 5.32. The molecular weight excluding hydrogens is 170 g/mol. The van der Waals surface area contributed by atoms with Gasteiger partial charge in [-0.15, -0.1) is 0 Å². The summed E-state index contributed by atoms with van der Waals surface area (Å²) in [7, 11) is 0. The quantitative estimate of drug-likeness (QED) is 0.710. The maximum atomic E-state index is 3.68. The molecule has 0 aromatic rings. The van der Waals surface area contributed by atoms with Crippen LogP contribution in [0, 0.1) is 11.8 Å². The summed E-state index contributed by atoms with van der Waals surface area (Å²) in [5.41, 5.74) is 0. The maximum Gasteiger partial charge on any atom is 0.00669 e. The molecule has 1 atom stereocenters. The Balaban J connectivity index is 2.10. The van der Waals surface area contributed by atoms with Gasteiger partial charge in [0.25, 0.3) is 0 Å². The molecule has 1 saturated carbocycles. The fourth-order valence-corrected chi connectivity index (χ4v) is 2.40. The van der Waals surface area contributed by atoms with Crippen molar-refractivity contribution in [1.82, 2.24) is 5.32 Å². The highest BCUT2D eigenvalue weighted by molar-refractivity contribution is 4.75. The Morgan fingerprint density at radius 1 is 1.07 bits per heavy atom. The van der Waals surface area contributed by atoms with Gasteiger partial charge in [0, 0.05) is 6.04 Å². The van der Waals surface area contributed by atoms with Gasteiger partial charge in [-0.25, -0.2) is 0 Å². The lowest BCUT2D eigenvalue weighted by Gasteiger charge is -2.28. The topological polar surface area (TPSA) is 12.0 Å². The first kappa shape index (κ1) is 12.0. The highest BCUT2D eigenvalue weighted by Gasteiger charge is 2.19. The van der Waals surface area contributed by atoms with Crippen LogP contribution in [-0.2, 0) is 0 Å². The van der Waals surface area contributed by atoms with Crippen molar-refractivity contribution in [3.63, 3.8) is 0 Å². The SMILES string of the molecule is CC(C)CCN[C@H](C)C1CCCCC1. The summed E-state index contributed by atoms with van der Waals surface area (Å²) in [5, 5.41) is 3.68. The van der Waals surface area contributed by atoms with Crippen LogP contribution in [0.4, 0.5) is 0 Å². The zero-order valence-electron chi connectivity index (χ0n) is 10.2. The summed E-state index contributed by atoms with van der Waals surface area (Å²) in [5.74, 6) is 1.79. The van der Waals surface area contributed by atoms with Gasteiger partial charge in [0.2, 0.25) is 0 Å². The largest absolute Gasteiger partial charge is 0.314 e. The Hall–Kier alpha value is -0.0400. The standard InChI is InChI=1S/C13H27N/c1-11(2)9-10-14-12(3)13-7-5-4-6-8-13/h11-14H,4-10H2,1-3H3/t12-/m1/s1. The average molecular weight is 197 g/mol. The van der Waals surface area contributed by atoms with E-state index >= 15 is 0 Å². The van der Waals surface area contributed by atoms with E-state index in [1.165, 1.54) is 45.1 Å². The fourth-order valence-electron chi connectivity index (χ4n) is 2.40. The molecule has 1 aliphatic carbocycles. The third-order valence-corrected chi connectivity index (χ3v) is 3.54. The molecule has 1 rings (SSSR count). The Labute approximate surface area is 89.7 Å². The van der Waals surface area contributed by atoms with E-state index in [2.05, 4.69) is 26.1 Å². The van der Waals surface area contributed by atoms with Crippen molar-refractivity contribution in [2.45, 2.75) is 65.3 Å². The summed E-state index contributed by atoms with van der Waals surface area (Å²) in [6.45, 7) is 8.17. The third-order valence-electron chi connectivity index (χ3n) is 3.54. The highest BCUT2D eigenvalue weighted by atomic mass is 14.9. The van der Waals surface area contributed by atoms with Crippen molar-refractivity contribution >= 4 is 0 Å². The van der Waals surface area contributed by atoms with Crippen molar-refractivity contribution in [3.05, 3.63) is 0 Å². The third kappa shape index (κ3) is 4.45. The van der Waals surface area contributed by atoms with Gasteiger partial charge in [-0.1, -0.05) is 33.1 Å². The van der Waals surface area contributed by atoms with Crippen LogP contribution in [0.5, 0.6) is 0 Å². The molecule has 0 saturated heterocycles. The summed E-state index contributed by atoms with van der Waals surface area (Å²) in [4.78, 5) is 0. The van der Waals surface area contributed by atoms with E-state index in [1.54, 1.807) is 0 Å². The molecule has 1 N–H and O–H groups in total. The minimum absolute atomic E-state index is 0.744. The predicted octanol–water partition coefficient (Wildman–Crippen LogP) is 3.59. The van der Waals surface area contributed by atoms with Crippen molar-refractivity contribution in [2.75, 3.05) is 6.54 Å². The molecule has 1 fully saturated rings. The van der Waals surface area contributed by atoms with Crippen molar-refractivity contribution in [3.8, 4) is 0 Å². The Morgan fingerprint density at radius 2 is 1.71 bits per heavy atom. The molecule has 0 heterocycles. The molecule has 0 amide bonds. The van der Waals surface area contributed by atoms with Gasteiger partial charge >= 0.3 is 0 Å². The fraction of sp³-hybridized carbons (Fsp3) is 1.00. The van der Waals surface area contributed by atoms with Gasteiger partial charge in [0.05, 0.1) is 0 Å². The van der Waals surface area contributed by atoms with Crippen molar-refractivity contribution < 1.29 is 0 Å². The molecule has 1 aliphatic rings. The molecule has 0 unspecified atom stereocenters. The Morgan fingerprint density at radius 3 is 2.29 bits per heavy atom. The van der Waals surface area contributed by atoms with Crippen LogP contribution >= 0.6 is 0 Å². The second-order valence-corrected chi connectivity index (χ2v) is 5.32. The smallest absolute Gasteiger partial charge is 0.00669 e. The molecule has 0 aromatic carbocycles. The molecule has 0 radical (unpaired) electrons. The Bertz CT molecular complexity index is 136. The van der Waals surface area contributed by atoms with Gasteiger partial charge in [0.15, 0.2) is 0 Å². The first-order valence-electron chi connectivity index (χ1n) is 6.43. The van der Waals surface area contributed by atoms with Crippen molar-refractivity contribution in [2.24, 2.45) is 11.8 Å². The van der Waals surface area contributed by atoms with Crippen molar-refractivity contribution in [1.29, 1.82) is 0 Å². The molecule has 0 aliphatic heterocycles. The first-order chi connectivity index (χ1) is 6.70. The predicted molar refractivity (Wildman–Crippen MR) is 63.5 cm³/mol. The molecule has 0 spiro atoms. The summed E-state index contributed by atoms with van der Waals surface area (Å²) in [6, 6.07) is 0.744. The van der Waals surface area contributed by atoms with Gasteiger partial charge in [-0.3, -0.25) is 0 Å². The molecule has 0 bridgehead atoms. The zero-order chi connectivity index (χ0) is 10.4. The number of hydrogen-bond acceptors (Lipinski definition) is 1. The lowest BCUT2D eigenvalue weighted by molar-refractivity contribution is 0.278. The van der Waals surface area contributed by atoms with Crippen LogP contribution in [0.25, 0.3) is 0 Å². The number of hydrogen-bond donors (Lipinski definition) is 1. The van der Waals surface area contributed by atoms with E-state index in [0.29, 0.717) is 0 Å². The van der Waals surface area contributed by atoms with Gasteiger partial charge in [-0.2, -0.15) is 0 Å². The highest BCUT2D eigenvalue weighted by Crippen LogP contribution is 2.26. The summed E-state index contributed by atoms with van der Waals surface area (Å²) in [6.07, 6.45) is 8.61. The molecule has 1 heteroatoms. The normalized spacial score (nSPS) is 21.4. The van der Waals surface area contributed by atoms with Crippen LogP contribution in [0.1, 0.15) is 59.3 Å². The molecular formula is C13H27N. The minimum atomic E-state index is 0.744. The first-order valence-corrected chi connectivity index (χ1v) is 6.43. The lowest BCUT2D eigenvalue weighted by atomic mass is 9.84. The molecule has 14 heavy (non-hydrogen) atoms. The minimum Gasteiger partial charge on any atom is -0.314 e. The van der Waals surface area contributed by atoms with Crippen LogP contribution < -0.4 is 5.32 Å². The van der Waals surface area contributed by atoms with E-state index in [1.807, 2.05) is 0 Å². The van der Waals surface area contributed by atoms with Gasteiger partial charge < -0.3 is 5.32 Å². The number of rotatable bonds is 5. The molecule has 84 valence electrons. The van der Waals surface area contributed by atoms with Gasteiger partial charge in [0.1, 0.15) is 0 Å². The van der Waals surface area contributed by atoms with Gasteiger partial charge in [-0.05, 0) is 44.6 Å². The van der Waals surface area contributed by atoms with E-state index < -0.39 is 0 Å². The number of nitrogens with one attached hydrogen (secondary N) is 1. The zero-order valence-corrected chi connectivity index (χ0v) is 10.2. The van der Waals surface area contributed by atoms with E-state index in [4.69, 9.17) is 0 Å². The lowest BCUT2D eigenvalue weighted by Crippen LogP contribution is -2.35. The van der Waals surface area contributed by atoms with Crippen LogP contribution in [0.2, 0.25) is 0 Å². The maximum absolute atomic E-state index is 3.68. The summed E-state index contributed by atoms with van der Waals surface area (Å²) < 4.78 is 0. The van der Waals surface area contributed by atoms with E-state index in [9.17, 15) is 0 Å². The average Bonchev–Trinajstić information content (AvgIpc) is 2.18. The Kier molecular flexibility index (Phi) is 5.54. The van der Waals surface area contributed by atoms with E-state index in [-0.39, 0.29) is 0 Å². The molecule has 0 aromatic heterocycles. The van der Waals surface area contributed by atoms with Crippen LogP contribution in [0.3, 0.4) is 0 Å². The van der Waals surface area contributed by atoms with E-state index in [0.717, 1.165) is 17.9 Å². The van der Waals surface area contributed by atoms with Crippen LogP contribution in [-0.4, -0.2) is 12.6 Å². The van der Waals surface area contributed by atoms with Crippen LogP contribution in [0.15, 0.2) is 0 Å². The second kappa shape index (κ2) is 6.44. The molecule has 1 nitrogen and oxygen atoms in total. The monoisotopic (exact) mass is 197 g/mol.